The van der Waals surface area contributed by atoms with Crippen LogP contribution in [-0.4, -0.2) is 29.0 Å². The summed E-state index contributed by atoms with van der Waals surface area (Å²) in [5, 5.41) is 0. The van der Waals surface area contributed by atoms with Crippen molar-refractivity contribution in [2.45, 2.75) is 59.0 Å². The predicted octanol–water partition coefficient (Wildman–Crippen LogP) is 3.17. The molecular formula is C12H22INO2. The summed E-state index contributed by atoms with van der Waals surface area (Å²) in [6, 6.07) is 0.606. The van der Waals surface area contributed by atoms with Gasteiger partial charge in [0.15, 0.2) is 23.0 Å². The predicted molar refractivity (Wildman–Crippen MR) is 73.4 cm³/mol. The van der Waals surface area contributed by atoms with Crippen molar-refractivity contribution in [3.63, 3.8) is 0 Å². The van der Waals surface area contributed by atoms with E-state index in [1.165, 1.54) is 6.42 Å². The van der Waals surface area contributed by atoms with E-state index in [-0.39, 0.29) is 11.5 Å². The molecule has 3 nitrogen and oxygen atoms in total. The third-order valence-electron chi connectivity index (χ3n) is 3.31. The van der Waals surface area contributed by atoms with Gasteiger partial charge in [-0.3, -0.25) is 9.69 Å². The number of nitrogens with zero attached hydrogens (tertiary/aromatic N) is 1. The fraction of sp³-hybridized carbons (Fsp3) is 0.917. The molecule has 16 heavy (non-hydrogen) atoms. The van der Waals surface area contributed by atoms with Crippen LogP contribution in [0.15, 0.2) is 0 Å². The van der Waals surface area contributed by atoms with Crippen molar-refractivity contribution >= 4 is 29.0 Å². The van der Waals surface area contributed by atoms with Crippen LogP contribution in [0.3, 0.4) is 0 Å². The van der Waals surface area contributed by atoms with Gasteiger partial charge in [-0.25, -0.2) is 0 Å². The Hall–Kier alpha value is 0.160. The summed E-state index contributed by atoms with van der Waals surface area (Å²) in [7, 11) is 0. The summed E-state index contributed by atoms with van der Waals surface area (Å²) >= 11 is 1.65. The van der Waals surface area contributed by atoms with E-state index in [0.717, 1.165) is 6.54 Å². The van der Waals surface area contributed by atoms with Gasteiger partial charge < -0.3 is 3.07 Å². The van der Waals surface area contributed by atoms with Crippen molar-refractivity contribution in [3.05, 3.63) is 0 Å². The normalized spacial score (nSPS) is 27.6. The molecule has 2 atom stereocenters. The molecule has 0 N–H and O–H groups in total. The minimum absolute atomic E-state index is 0.127. The molecule has 0 aromatic heterocycles. The third-order valence-corrected chi connectivity index (χ3v) is 3.80. The second-order valence-electron chi connectivity index (χ2n) is 6.33. The zero-order valence-corrected chi connectivity index (χ0v) is 13.0. The van der Waals surface area contributed by atoms with E-state index in [4.69, 9.17) is 0 Å². The van der Waals surface area contributed by atoms with Gasteiger partial charge in [0, 0.05) is 18.1 Å². The standard InChI is InChI=1S/C12H22INO2/c1-11(2,3)8-9-12(4,5)14(9)7-6-10(15)16-13/h9H,6-8H2,1-5H3. The van der Waals surface area contributed by atoms with Crippen molar-refractivity contribution < 1.29 is 7.86 Å². The van der Waals surface area contributed by atoms with Crippen LogP contribution in [0.25, 0.3) is 0 Å². The van der Waals surface area contributed by atoms with Crippen LogP contribution >= 0.6 is 23.0 Å². The van der Waals surface area contributed by atoms with Crippen LogP contribution in [0.4, 0.5) is 0 Å². The van der Waals surface area contributed by atoms with E-state index in [1.54, 1.807) is 23.0 Å². The lowest BCUT2D eigenvalue weighted by atomic mass is 9.88. The van der Waals surface area contributed by atoms with E-state index in [9.17, 15) is 4.79 Å². The first-order valence-corrected chi connectivity index (χ1v) is 6.65. The van der Waals surface area contributed by atoms with E-state index in [0.29, 0.717) is 17.9 Å². The molecule has 0 spiro atoms. The molecule has 1 rings (SSSR count). The number of carbonyl (C=O) groups is 1. The van der Waals surface area contributed by atoms with Crippen LogP contribution in [0.1, 0.15) is 47.5 Å². The Labute approximate surface area is 113 Å². The summed E-state index contributed by atoms with van der Waals surface area (Å²) in [6.45, 7) is 12.1. The smallest absolute Gasteiger partial charge is 0.316 e. The van der Waals surface area contributed by atoms with Crippen LogP contribution < -0.4 is 0 Å². The Morgan fingerprint density at radius 3 is 2.44 bits per heavy atom. The van der Waals surface area contributed by atoms with Gasteiger partial charge in [0.2, 0.25) is 0 Å². The first-order chi connectivity index (χ1) is 7.18. The zero-order chi connectivity index (χ0) is 12.6. The second-order valence-corrected chi connectivity index (χ2v) is 6.77. The summed E-state index contributed by atoms with van der Waals surface area (Å²) in [6.07, 6.45) is 1.67. The SMILES string of the molecule is CC(C)(C)CC1N(CCC(=O)OI)C1(C)C. The number of rotatable bonds is 4. The summed E-state index contributed by atoms with van der Waals surface area (Å²) < 4.78 is 4.64. The van der Waals surface area contributed by atoms with Crippen LogP contribution in [0, 0.1) is 5.41 Å². The summed E-state index contributed by atoms with van der Waals surface area (Å²) in [5.41, 5.74) is 0.597. The molecule has 0 amide bonds. The Balaban J connectivity index is 2.42. The molecular weight excluding hydrogens is 317 g/mol. The highest BCUT2D eigenvalue weighted by molar-refractivity contribution is 14.1. The van der Waals surface area contributed by atoms with Gasteiger partial charge in [-0.1, -0.05) is 20.8 Å². The quantitative estimate of drug-likeness (QED) is 0.582. The van der Waals surface area contributed by atoms with Crippen molar-refractivity contribution in [2.75, 3.05) is 6.54 Å². The maximum atomic E-state index is 11.1. The van der Waals surface area contributed by atoms with Gasteiger partial charge in [-0.2, -0.15) is 0 Å². The minimum Gasteiger partial charge on any atom is -0.394 e. The average Bonchev–Trinajstić information content (AvgIpc) is 2.61. The fourth-order valence-corrected chi connectivity index (χ4v) is 2.51. The van der Waals surface area contributed by atoms with Gasteiger partial charge in [-0.05, 0) is 25.7 Å². The summed E-state index contributed by atoms with van der Waals surface area (Å²) in [4.78, 5) is 13.5. The Morgan fingerprint density at radius 2 is 2.00 bits per heavy atom. The number of hydrogen-bond acceptors (Lipinski definition) is 3. The molecule has 1 saturated heterocycles. The van der Waals surface area contributed by atoms with Crippen molar-refractivity contribution in [1.82, 2.24) is 4.90 Å². The highest BCUT2D eigenvalue weighted by atomic mass is 127. The highest BCUT2D eigenvalue weighted by Crippen LogP contribution is 2.46. The Morgan fingerprint density at radius 1 is 1.44 bits per heavy atom. The molecule has 0 aromatic rings. The van der Waals surface area contributed by atoms with Gasteiger partial charge in [0.25, 0.3) is 0 Å². The molecule has 0 bridgehead atoms. The molecule has 0 aromatic carbocycles. The molecule has 0 radical (unpaired) electrons. The van der Waals surface area contributed by atoms with Crippen molar-refractivity contribution in [1.29, 1.82) is 0 Å². The van der Waals surface area contributed by atoms with Gasteiger partial charge in [-0.15, -0.1) is 0 Å². The molecule has 94 valence electrons. The molecule has 0 aliphatic carbocycles. The fourth-order valence-electron chi connectivity index (χ4n) is 2.29. The van der Waals surface area contributed by atoms with Crippen LogP contribution in [0.2, 0.25) is 0 Å². The maximum absolute atomic E-state index is 11.1. The summed E-state index contributed by atoms with van der Waals surface area (Å²) in [5.74, 6) is -0.127. The topological polar surface area (TPSA) is 29.3 Å². The van der Waals surface area contributed by atoms with Gasteiger partial charge in [0.1, 0.15) is 0 Å². The van der Waals surface area contributed by atoms with Gasteiger partial charge >= 0.3 is 5.97 Å². The van der Waals surface area contributed by atoms with E-state index in [2.05, 4.69) is 42.6 Å². The van der Waals surface area contributed by atoms with Gasteiger partial charge in [0.05, 0.1) is 6.42 Å². The Kier molecular flexibility index (Phi) is 4.27. The zero-order valence-electron chi connectivity index (χ0n) is 10.8. The van der Waals surface area contributed by atoms with E-state index >= 15 is 0 Å². The Bertz CT molecular complexity index is 271. The van der Waals surface area contributed by atoms with Crippen molar-refractivity contribution in [2.24, 2.45) is 5.41 Å². The lowest BCUT2D eigenvalue weighted by molar-refractivity contribution is -0.131. The first kappa shape index (κ1) is 14.2. The lowest BCUT2D eigenvalue weighted by Gasteiger charge is -2.17. The second kappa shape index (κ2) is 4.80. The molecule has 1 fully saturated rings. The number of hydrogen-bond donors (Lipinski definition) is 0. The van der Waals surface area contributed by atoms with Crippen LogP contribution in [-0.2, 0) is 7.86 Å². The van der Waals surface area contributed by atoms with Crippen molar-refractivity contribution in [3.8, 4) is 0 Å². The lowest BCUT2D eigenvalue weighted by Crippen LogP contribution is -2.14. The number of halogens is 1. The molecule has 0 saturated carbocycles. The largest absolute Gasteiger partial charge is 0.394 e. The van der Waals surface area contributed by atoms with E-state index in [1.807, 2.05) is 0 Å². The van der Waals surface area contributed by atoms with E-state index < -0.39 is 0 Å². The van der Waals surface area contributed by atoms with Crippen LogP contribution in [0.5, 0.6) is 0 Å². The maximum Gasteiger partial charge on any atom is 0.316 e. The number of carbonyl (C=O) groups excluding carboxylic acids is 1. The average molecular weight is 339 g/mol. The molecule has 1 aliphatic heterocycles. The first-order valence-electron chi connectivity index (χ1n) is 5.76. The third kappa shape index (κ3) is 3.58. The monoisotopic (exact) mass is 339 g/mol. The molecule has 1 heterocycles. The highest BCUT2D eigenvalue weighted by Gasteiger charge is 2.55. The molecule has 4 heteroatoms. The minimum atomic E-state index is -0.127. The molecule has 1 aliphatic rings. The molecule has 2 unspecified atom stereocenters.